The van der Waals surface area contributed by atoms with E-state index in [4.69, 9.17) is 0 Å². The fraction of sp³-hybridized carbons (Fsp3) is 0.357. The van der Waals surface area contributed by atoms with E-state index in [1.54, 1.807) is 4.90 Å². The lowest BCUT2D eigenvalue weighted by atomic mass is 9.93. The zero-order chi connectivity index (χ0) is 11.6. The second-order valence-electron chi connectivity index (χ2n) is 4.92. The van der Waals surface area contributed by atoms with Gasteiger partial charge in [-0.15, -0.1) is 0 Å². The first-order chi connectivity index (χ1) is 7.57. The van der Waals surface area contributed by atoms with Crippen molar-refractivity contribution in [2.24, 2.45) is 5.41 Å². The van der Waals surface area contributed by atoms with Gasteiger partial charge < -0.3 is 0 Å². The van der Waals surface area contributed by atoms with Crippen molar-refractivity contribution in [1.82, 2.24) is 4.90 Å². The highest BCUT2D eigenvalue weighted by Crippen LogP contribution is 2.29. The van der Waals surface area contributed by atoms with Crippen LogP contribution in [0.3, 0.4) is 0 Å². The van der Waals surface area contributed by atoms with E-state index in [0.717, 1.165) is 12.1 Å². The van der Waals surface area contributed by atoms with Crippen molar-refractivity contribution >= 4 is 5.91 Å². The molecule has 0 saturated carbocycles. The predicted molar refractivity (Wildman–Crippen MR) is 63.4 cm³/mol. The average Bonchev–Trinajstić information content (AvgIpc) is 2.50. The Balaban J connectivity index is 2.12. The number of carbonyl (C=O) groups excluding carboxylic acids is 1. The van der Waals surface area contributed by atoms with Gasteiger partial charge in [-0.25, -0.2) is 0 Å². The molecule has 1 aliphatic rings. The van der Waals surface area contributed by atoms with Crippen molar-refractivity contribution in [2.45, 2.75) is 20.3 Å². The van der Waals surface area contributed by atoms with Crippen LogP contribution in [0.15, 0.2) is 30.3 Å². The molecule has 1 aromatic carbocycles. The van der Waals surface area contributed by atoms with Crippen molar-refractivity contribution in [3.8, 4) is 12.0 Å². The normalized spacial score (nSPS) is 18.1. The minimum absolute atomic E-state index is 0.0580. The smallest absolute Gasteiger partial charge is 0.234 e. The minimum atomic E-state index is 0.0580. The molecule has 1 heterocycles. The van der Waals surface area contributed by atoms with Gasteiger partial charge in [0.1, 0.15) is 0 Å². The molecule has 0 bridgehead atoms. The van der Waals surface area contributed by atoms with Gasteiger partial charge in [0.25, 0.3) is 0 Å². The van der Waals surface area contributed by atoms with Gasteiger partial charge in [0, 0.05) is 24.6 Å². The first kappa shape index (κ1) is 10.8. The van der Waals surface area contributed by atoms with Crippen molar-refractivity contribution < 1.29 is 4.79 Å². The number of carbonyl (C=O) groups is 1. The van der Waals surface area contributed by atoms with Crippen LogP contribution in [-0.2, 0) is 4.79 Å². The molecule has 0 spiro atoms. The van der Waals surface area contributed by atoms with Crippen LogP contribution in [0, 0.1) is 17.4 Å². The molecule has 16 heavy (non-hydrogen) atoms. The largest absolute Gasteiger partial charge is 0.274 e. The van der Waals surface area contributed by atoms with Gasteiger partial charge >= 0.3 is 0 Å². The highest BCUT2D eigenvalue weighted by molar-refractivity contribution is 5.81. The predicted octanol–water partition coefficient (Wildman–Crippen LogP) is 2.25. The molecule has 2 heteroatoms. The minimum Gasteiger partial charge on any atom is -0.274 e. The Bertz CT molecular complexity index is 451. The summed E-state index contributed by atoms with van der Waals surface area (Å²) in [5, 5.41) is 0. The fourth-order valence-corrected chi connectivity index (χ4v) is 1.83. The van der Waals surface area contributed by atoms with Gasteiger partial charge in [-0.05, 0) is 23.5 Å². The Labute approximate surface area is 96.3 Å². The van der Waals surface area contributed by atoms with E-state index < -0.39 is 0 Å². The van der Waals surface area contributed by atoms with Crippen molar-refractivity contribution in [1.29, 1.82) is 0 Å². The van der Waals surface area contributed by atoms with E-state index in [1.165, 1.54) is 0 Å². The molecular formula is C14H15NO. The molecular weight excluding hydrogens is 198 g/mol. The fourth-order valence-electron chi connectivity index (χ4n) is 1.83. The average molecular weight is 213 g/mol. The molecule has 0 aromatic heterocycles. The first-order valence-corrected chi connectivity index (χ1v) is 5.44. The van der Waals surface area contributed by atoms with Gasteiger partial charge in [0.05, 0.1) is 0 Å². The zero-order valence-corrected chi connectivity index (χ0v) is 9.66. The van der Waals surface area contributed by atoms with Crippen molar-refractivity contribution in [3.63, 3.8) is 0 Å². The van der Waals surface area contributed by atoms with Crippen LogP contribution in [-0.4, -0.2) is 17.4 Å². The van der Waals surface area contributed by atoms with Crippen LogP contribution in [0.25, 0.3) is 0 Å². The molecule has 0 N–H and O–H groups in total. The lowest BCUT2D eigenvalue weighted by Gasteiger charge is -2.14. The number of likely N-dealkylation sites (tertiary alicyclic amines) is 1. The molecule has 1 amide bonds. The first-order valence-electron chi connectivity index (χ1n) is 5.44. The summed E-state index contributed by atoms with van der Waals surface area (Å²) in [6, 6.07) is 12.7. The maximum Gasteiger partial charge on any atom is 0.234 e. The Kier molecular flexibility index (Phi) is 2.70. The molecule has 2 rings (SSSR count). The number of nitrogens with zero attached hydrogens (tertiary/aromatic N) is 1. The molecule has 1 aliphatic heterocycles. The second kappa shape index (κ2) is 4.02. The molecule has 2 nitrogen and oxygen atoms in total. The van der Waals surface area contributed by atoms with Crippen LogP contribution in [0.1, 0.15) is 25.8 Å². The summed E-state index contributed by atoms with van der Waals surface area (Å²) in [6.07, 6.45) is 0.594. The SMILES string of the molecule is CC1(C)CC(=O)N(C#Cc2ccccc2)C1. The monoisotopic (exact) mass is 213 g/mol. The van der Waals surface area contributed by atoms with Crippen LogP contribution in [0.5, 0.6) is 0 Å². The highest BCUT2D eigenvalue weighted by atomic mass is 16.2. The number of benzene rings is 1. The van der Waals surface area contributed by atoms with E-state index in [0.29, 0.717) is 6.42 Å². The van der Waals surface area contributed by atoms with Crippen molar-refractivity contribution in [2.75, 3.05) is 6.54 Å². The van der Waals surface area contributed by atoms with Gasteiger partial charge in [-0.3, -0.25) is 9.69 Å². The number of hydrogen-bond acceptors (Lipinski definition) is 1. The summed E-state index contributed by atoms with van der Waals surface area (Å²) < 4.78 is 0. The molecule has 0 radical (unpaired) electrons. The quantitative estimate of drug-likeness (QED) is 0.605. The van der Waals surface area contributed by atoms with Crippen molar-refractivity contribution in [3.05, 3.63) is 35.9 Å². The summed E-state index contributed by atoms with van der Waals surface area (Å²) in [5.74, 6) is 3.14. The Hall–Kier alpha value is -1.75. The van der Waals surface area contributed by atoms with Gasteiger partial charge in [0.2, 0.25) is 5.91 Å². The van der Waals surface area contributed by atoms with E-state index >= 15 is 0 Å². The zero-order valence-electron chi connectivity index (χ0n) is 9.66. The van der Waals surface area contributed by atoms with E-state index in [9.17, 15) is 4.79 Å². The topological polar surface area (TPSA) is 20.3 Å². The standard InChI is InChI=1S/C14H15NO/c1-14(2)10-13(16)15(11-14)9-8-12-6-4-3-5-7-12/h3-7H,10-11H2,1-2H3. The Morgan fingerprint density at radius 1 is 1.25 bits per heavy atom. The van der Waals surface area contributed by atoms with Crippen LogP contribution in [0.2, 0.25) is 0 Å². The maximum atomic E-state index is 11.6. The summed E-state index contributed by atoms with van der Waals surface area (Å²) in [4.78, 5) is 13.3. The Morgan fingerprint density at radius 2 is 1.94 bits per heavy atom. The molecule has 0 unspecified atom stereocenters. The summed E-state index contributed by atoms with van der Waals surface area (Å²) >= 11 is 0. The molecule has 1 saturated heterocycles. The van der Waals surface area contributed by atoms with E-state index in [-0.39, 0.29) is 11.3 Å². The van der Waals surface area contributed by atoms with Gasteiger partial charge in [0.15, 0.2) is 0 Å². The highest BCUT2D eigenvalue weighted by Gasteiger charge is 2.34. The molecule has 82 valence electrons. The summed E-state index contributed by atoms with van der Waals surface area (Å²) in [7, 11) is 0. The van der Waals surface area contributed by atoms with Crippen LogP contribution < -0.4 is 0 Å². The third-order valence-electron chi connectivity index (χ3n) is 2.63. The number of hydrogen-bond donors (Lipinski definition) is 0. The second-order valence-corrected chi connectivity index (χ2v) is 4.92. The lowest BCUT2D eigenvalue weighted by Crippen LogP contribution is -2.20. The molecule has 1 aromatic rings. The Morgan fingerprint density at radius 3 is 2.50 bits per heavy atom. The number of amides is 1. The summed E-state index contributed by atoms with van der Waals surface area (Å²) in [5.41, 5.74) is 1.00. The number of rotatable bonds is 0. The third-order valence-corrected chi connectivity index (χ3v) is 2.63. The molecule has 0 atom stereocenters. The van der Waals surface area contributed by atoms with Crippen LogP contribution >= 0.6 is 0 Å². The third kappa shape index (κ3) is 2.43. The van der Waals surface area contributed by atoms with Gasteiger partial charge in [-0.2, -0.15) is 0 Å². The lowest BCUT2D eigenvalue weighted by molar-refractivity contribution is -0.125. The maximum absolute atomic E-state index is 11.6. The van der Waals surface area contributed by atoms with E-state index in [1.807, 2.05) is 30.3 Å². The molecule has 1 fully saturated rings. The molecule has 0 aliphatic carbocycles. The van der Waals surface area contributed by atoms with Crippen LogP contribution in [0.4, 0.5) is 0 Å². The van der Waals surface area contributed by atoms with Gasteiger partial charge in [-0.1, -0.05) is 32.0 Å². The van der Waals surface area contributed by atoms with E-state index in [2.05, 4.69) is 25.8 Å². The summed E-state index contributed by atoms with van der Waals surface area (Å²) in [6.45, 7) is 4.91.